The molecule has 0 aliphatic heterocycles. The molecule has 1 aliphatic carbocycles. The van der Waals surface area contributed by atoms with Gasteiger partial charge in [-0.3, -0.25) is 0 Å². The number of fused-ring (bicyclic) bond motifs is 6. The highest BCUT2D eigenvalue weighted by molar-refractivity contribution is 6.22. The Kier molecular flexibility index (Phi) is 5.80. The largest absolute Gasteiger partial charge is 0.398 e. The van der Waals surface area contributed by atoms with Gasteiger partial charge in [-0.1, -0.05) is 117 Å². The van der Waals surface area contributed by atoms with Crippen LogP contribution in [-0.4, -0.2) is 0 Å². The smallest absolute Gasteiger partial charge is 0.123 e. The second-order valence-electron chi connectivity index (χ2n) is 12.4. The van der Waals surface area contributed by atoms with Crippen molar-refractivity contribution in [2.45, 2.75) is 26.2 Å². The molecule has 1 nitrogen and oxygen atoms in total. The Morgan fingerprint density at radius 2 is 1.20 bits per heavy atom. The minimum atomic E-state index is -0.402. The van der Waals surface area contributed by atoms with Crippen molar-refractivity contribution in [3.8, 4) is 33.4 Å². The summed E-state index contributed by atoms with van der Waals surface area (Å²) in [4.78, 5) is 0. The third-order valence-corrected chi connectivity index (χ3v) is 9.58. The van der Waals surface area contributed by atoms with Gasteiger partial charge in [0.2, 0.25) is 0 Å². The van der Waals surface area contributed by atoms with Gasteiger partial charge in [-0.25, -0.2) is 4.39 Å². The van der Waals surface area contributed by atoms with Crippen LogP contribution in [0.3, 0.4) is 0 Å². The standard InChI is InChI=1S/C42H32FN/c1-4-11-33-35(24-37-40(41(33)44)34-21-20-28(43)23-36(34)42(37,2)3)39-31-16-9-7-14-29(31)38(30-15-8-10-17-32(30)39)27-19-18-25-12-5-6-13-26(25)22-27/h4-24H,44H2,1-3H3/b11-4-. The highest BCUT2D eigenvalue weighted by atomic mass is 19.1. The van der Waals surface area contributed by atoms with Crippen LogP contribution < -0.4 is 5.73 Å². The fourth-order valence-electron chi connectivity index (χ4n) is 7.53. The number of benzene rings is 7. The molecule has 212 valence electrons. The number of nitrogens with two attached hydrogens (primary N) is 1. The van der Waals surface area contributed by atoms with E-state index in [9.17, 15) is 4.39 Å². The molecule has 0 aromatic heterocycles. The first-order valence-electron chi connectivity index (χ1n) is 15.2. The van der Waals surface area contributed by atoms with E-state index in [2.05, 4.69) is 123 Å². The molecule has 44 heavy (non-hydrogen) atoms. The summed E-state index contributed by atoms with van der Waals surface area (Å²) in [5.74, 6) is -0.224. The van der Waals surface area contributed by atoms with Crippen LogP contribution in [0.25, 0.3) is 71.8 Å². The van der Waals surface area contributed by atoms with Gasteiger partial charge in [0.25, 0.3) is 0 Å². The van der Waals surface area contributed by atoms with Gasteiger partial charge in [0.05, 0.1) is 0 Å². The molecule has 0 amide bonds. The van der Waals surface area contributed by atoms with Crippen molar-refractivity contribution in [2.75, 3.05) is 5.73 Å². The second kappa shape index (κ2) is 9.65. The molecule has 8 rings (SSSR count). The topological polar surface area (TPSA) is 26.0 Å². The van der Waals surface area contributed by atoms with Crippen LogP contribution in [0.15, 0.2) is 121 Å². The van der Waals surface area contributed by atoms with E-state index in [0.717, 1.165) is 39.1 Å². The fraction of sp³-hybridized carbons (Fsp3) is 0.0952. The van der Waals surface area contributed by atoms with Crippen LogP contribution >= 0.6 is 0 Å². The monoisotopic (exact) mass is 569 g/mol. The maximum absolute atomic E-state index is 14.5. The van der Waals surface area contributed by atoms with Gasteiger partial charge in [-0.05, 0) is 102 Å². The Morgan fingerprint density at radius 1 is 0.591 bits per heavy atom. The minimum Gasteiger partial charge on any atom is -0.398 e. The summed E-state index contributed by atoms with van der Waals surface area (Å²) in [6.45, 7) is 6.38. The summed E-state index contributed by atoms with van der Waals surface area (Å²) in [5, 5.41) is 7.22. The summed E-state index contributed by atoms with van der Waals surface area (Å²) in [6.07, 6.45) is 4.18. The van der Waals surface area contributed by atoms with Crippen LogP contribution in [0.2, 0.25) is 0 Å². The molecule has 0 bridgehead atoms. The number of rotatable bonds is 3. The predicted octanol–water partition coefficient (Wildman–Crippen LogP) is 11.5. The Balaban J connectivity index is 1.50. The summed E-state index contributed by atoms with van der Waals surface area (Å²) in [6, 6.07) is 40.2. The molecule has 0 saturated heterocycles. The summed E-state index contributed by atoms with van der Waals surface area (Å²) >= 11 is 0. The lowest BCUT2D eigenvalue weighted by Crippen LogP contribution is -2.16. The van der Waals surface area contributed by atoms with Crippen molar-refractivity contribution in [1.82, 2.24) is 0 Å². The Hall–Kier alpha value is -5.21. The Labute approximate surface area is 257 Å². The summed E-state index contributed by atoms with van der Waals surface area (Å²) in [7, 11) is 0. The third kappa shape index (κ3) is 3.70. The number of halogens is 1. The number of hydrogen-bond donors (Lipinski definition) is 1. The van der Waals surface area contributed by atoms with Crippen molar-refractivity contribution >= 4 is 44.1 Å². The van der Waals surface area contributed by atoms with Gasteiger partial charge in [-0.15, -0.1) is 0 Å². The molecule has 0 radical (unpaired) electrons. The predicted molar refractivity (Wildman–Crippen MR) is 186 cm³/mol. The number of nitrogen functional groups attached to an aromatic ring is 1. The van der Waals surface area contributed by atoms with Crippen molar-refractivity contribution in [3.05, 3.63) is 144 Å². The zero-order valence-electron chi connectivity index (χ0n) is 25.1. The van der Waals surface area contributed by atoms with E-state index in [1.807, 2.05) is 13.0 Å². The minimum absolute atomic E-state index is 0.224. The molecule has 2 heteroatoms. The van der Waals surface area contributed by atoms with E-state index in [-0.39, 0.29) is 5.82 Å². The average Bonchev–Trinajstić information content (AvgIpc) is 3.26. The lowest BCUT2D eigenvalue weighted by Gasteiger charge is -2.25. The molecule has 0 spiro atoms. The molecular weight excluding hydrogens is 537 g/mol. The highest BCUT2D eigenvalue weighted by Gasteiger charge is 2.38. The number of allylic oxidation sites excluding steroid dienone is 1. The Morgan fingerprint density at radius 3 is 1.86 bits per heavy atom. The lowest BCUT2D eigenvalue weighted by atomic mass is 9.78. The van der Waals surface area contributed by atoms with Crippen molar-refractivity contribution in [2.24, 2.45) is 0 Å². The van der Waals surface area contributed by atoms with Crippen LogP contribution in [0.1, 0.15) is 37.5 Å². The Bertz CT molecular complexity index is 2280. The molecule has 0 atom stereocenters. The molecule has 0 unspecified atom stereocenters. The molecule has 2 N–H and O–H groups in total. The van der Waals surface area contributed by atoms with E-state index >= 15 is 0 Å². The highest BCUT2D eigenvalue weighted by Crippen LogP contribution is 2.55. The fourth-order valence-corrected chi connectivity index (χ4v) is 7.53. The maximum Gasteiger partial charge on any atom is 0.123 e. The van der Waals surface area contributed by atoms with E-state index in [1.54, 1.807) is 12.1 Å². The van der Waals surface area contributed by atoms with Crippen LogP contribution in [0.4, 0.5) is 10.1 Å². The van der Waals surface area contributed by atoms with E-state index in [0.29, 0.717) is 0 Å². The normalized spacial score (nSPS) is 13.6. The summed E-state index contributed by atoms with van der Waals surface area (Å²) in [5.41, 5.74) is 17.3. The molecule has 7 aromatic carbocycles. The van der Waals surface area contributed by atoms with Gasteiger partial charge in [-0.2, -0.15) is 0 Å². The van der Waals surface area contributed by atoms with E-state index in [4.69, 9.17) is 5.73 Å². The molecule has 0 fully saturated rings. The first-order valence-corrected chi connectivity index (χ1v) is 15.2. The maximum atomic E-state index is 14.5. The SMILES string of the molecule is C/C=C\c1c(-c2c3ccccc3c(-c3ccc4ccccc4c3)c3ccccc23)cc2c(c1N)-c1ccc(F)cc1C2(C)C. The number of hydrogen-bond acceptors (Lipinski definition) is 1. The summed E-state index contributed by atoms with van der Waals surface area (Å²) < 4.78 is 14.5. The zero-order chi connectivity index (χ0) is 30.2. The van der Waals surface area contributed by atoms with Gasteiger partial charge in [0.15, 0.2) is 0 Å². The molecule has 0 heterocycles. The van der Waals surface area contributed by atoms with Crippen molar-refractivity contribution < 1.29 is 4.39 Å². The van der Waals surface area contributed by atoms with E-state index < -0.39 is 5.41 Å². The van der Waals surface area contributed by atoms with Gasteiger partial charge in [0, 0.05) is 22.2 Å². The van der Waals surface area contributed by atoms with E-state index in [1.165, 1.54) is 49.0 Å². The zero-order valence-corrected chi connectivity index (χ0v) is 25.1. The van der Waals surface area contributed by atoms with Crippen molar-refractivity contribution in [1.29, 1.82) is 0 Å². The molecular formula is C42H32FN. The van der Waals surface area contributed by atoms with Crippen LogP contribution in [0.5, 0.6) is 0 Å². The van der Waals surface area contributed by atoms with Crippen LogP contribution in [-0.2, 0) is 5.41 Å². The van der Waals surface area contributed by atoms with Crippen LogP contribution in [0, 0.1) is 5.82 Å². The molecule has 7 aromatic rings. The van der Waals surface area contributed by atoms with Gasteiger partial charge >= 0.3 is 0 Å². The van der Waals surface area contributed by atoms with Gasteiger partial charge in [0.1, 0.15) is 5.82 Å². The molecule has 1 aliphatic rings. The molecule has 0 saturated carbocycles. The van der Waals surface area contributed by atoms with Crippen molar-refractivity contribution in [3.63, 3.8) is 0 Å². The first kappa shape index (κ1) is 26.4. The third-order valence-electron chi connectivity index (χ3n) is 9.58. The number of anilines is 1. The lowest BCUT2D eigenvalue weighted by molar-refractivity contribution is 0.609. The quantitative estimate of drug-likeness (QED) is 0.166. The first-order chi connectivity index (χ1) is 21.4. The second-order valence-corrected chi connectivity index (χ2v) is 12.4. The van der Waals surface area contributed by atoms with Gasteiger partial charge < -0.3 is 5.73 Å². The average molecular weight is 570 g/mol.